The lowest BCUT2D eigenvalue weighted by Crippen LogP contribution is -2.11. The smallest absolute Gasteiger partial charge is 0.227 e. The zero-order valence-electron chi connectivity index (χ0n) is 39.3. The first-order valence-corrected chi connectivity index (χ1v) is 20.2. The van der Waals surface area contributed by atoms with Crippen molar-refractivity contribution in [2.24, 2.45) is 0 Å². The molecule has 0 atom stereocenters. The van der Waals surface area contributed by atoms with Crippen LogP contribution < -0.4 is 0 Å². The van der Waals surface area contributed by atoms with Crippen molar-refractivity contribution in [2.45, 2.75) is 66.1 Å². The zero-order valence-corrected chi connectivity index (χ0v) is 33.3. The van der Waals surface area contributed by atoms with Gasteiger partial charge in [-0.05, 0) is 153 Å². The summed E-state index contributed by atoms with van der Waals surface area (Å²) in [4.78, 5) is 18.9. The van der Waals surface area contributed by atoms with Gasteiger partial charge in [0.1, 0.15) is 5.58 Å². The monoisotopic (exact) mass is 774 g/mol. The highest BCUT2D eigenvalue weighted by molar-refractivity contribution is 6.08. The van der Waals surface area contributed by atoms with Gasteiger partial charge in [-0.25, -0.2) is 4.98 Å². The van der Waals surface area contributed by atoms with Gasteiger partial charge in [-0.15, -0.1) is 0 Å². The Kier molecular flexibility index (Phi) is 8.82. The third-order valence-electron chi connectivity index (χ3n) is 11.5. The minimum atomic E-state index is -2.58. The van der Waals surface area contributed by atoms with Crippen LogP contribution in [0.5, 0.6) is 0 Å². The van der Waals surface area contributed by atoms with Gasteiger partial charge in [-0.1, -0.05) is 91.0 Å². The van der Waals surface area contributed by atoms with E-state index in [0.717, 1.165) is 66.9 Å². The normalized spacial score (nSPS) is 13.4. The molecule has 0 unspecified atom stereocenters. The highest BCUT2D eigenvalue weighted by Gasteiger charge is 2.19. The van der Waals surface area contributed by atoms with Crippen molar-refractivity contribution < 1.29 is 12.6 Å². The molecule has 9 rings (SSSR count). The van der Waals surface area contributed by atoms with Gasteiger partial charge in [0.25, 0.3) is 0 Å². The predicted molar refractivity (Wildman–Crippen MR) is 242 cm³/mol. The van der Waals surface area contributed by atoms with Crippen molar-refractivity contribution in [3.8, 4) is 33.8 Å². The molecule has 5 nitrogen and oxygen atoms in total. The molecule has 0 aliphatic heterocycles. The Hall–Kier alpha value is -6.72. The molecule has 0 spiro atoms. The van der Waals surface area contributed by atoms with E-state index in [1.807, 2.05) is 154 Å². The Morgan fingerprint density at radius 3 is 1.46 bits per heavy atom. The average molecular weight is 775 g/mol. The third kappa shape index (κ3) is 7.93. The van der Waals surface area contributed by atoms with Gasteiger partial charge in [-0.2, -0.15) is 0 Å². The van der Waals surface area contributed by atoms with Gasteiger partial charge in [-0.3, -0.25) is 15.0 Å². The maximum Gasteiger partial charge on any atom is 0.227 e. The highest BCUT2D eigenvalue weighted by Crippen LogP contribution is 2.35. The lowest BCUT2D eigenvalue weighted by Gasteiger charge is -2.23. The van der Waals surface area contributed by atoms with E-state index in [2.05, 4.69) is 4.98 Å². The number of para-hydroxylation sites is 1. The Morgan fingerprint density at radius 2 is 0.966 bits per heavy atom. The van der Waals surface area contributed by atoms with E-state index in [9.17, 15) is 0 Å². The standard InChI is InChI=1S/C54H48N4O/c1-35-18-25-48-47-16-11-17-49(53(47)59-54(48)58-35)52-31-24-41(34-57-52)21-28-46-37(3)44(26-19-39-22-29-50(55-32-39)42-12-7-5-8-13-42)36(2)45(38(46)4)27-20-40-23-30-51(56-33-40)43-14-9-6-10-15-43/h5-18,22-25,29-34H,19-21,26-28H2,1-4H3/i3D3,4D3. The molecule has 0 aliphatic carbocycles. The summed E-state index contributed by atoms with van der Waals surface area (Å²) >= 11 is 0. The molecule has 0 radical (unpaired) electrons. The van der Waals surface area contributed by atoms with Crippen LogP contribution in [0.4, 0.5) is 0 Å². The first-order valence-electron chi connectivity index (χ1n) is 23.2. The Balaban J connectivity index is 1.07. The molecule has 0 saturated carbocycles. The van der Waals surface area contributed by atoms with Gasteiger partial charge in [0.15, 0.2) is 0 Å². The number of hydrogen-bond donors (Lipinski definition) is 0. The summed E-state index contributed by atoms with van der Waals surface area (Å²) < 4.78 is 60.2. The quantitative estimate of drug-likeness (QED) is 0.124. The van der Waals surface area contributed by atoms with Gasteiger partial charge < -0.3 is 4.42 Å². The minimum absolute atomic E-state index is 0.137. The number of rotatable bonds is 12. The lowest BCUT2D eigenvalue weighted by atomic mass is 9.82. The summed E-state index contributed by atoms with van der Waals surface area (Å²) in [6, 6.07) is 41.8. The number of nitrogens with zero attached hydrogens (tertiary/aromatic N) is 4. The molecule has 0 saturated heterocycles. The maximum absolute atomic E-state index is 8.98. The van der Waals surface area contributed by atoms with Crippen molar-refractivity contribution in [3.63, 3.8) is 0 Å². The summed E-state index contributed by atoms with van der Waals surface area (Å²) in [5.41, 5.74) is 12.9. The topological polar surface area (TPSA) is 64.7 Å². The largest absolute Gasteiger partial charge is 0.437 e. The molecule has 59 heavy (non-hydrogen) atoms. The Bertz CT molecular complexity index is 2980. The van der Waals surface area contributed by atoms with Crippen molar-refractivity contribution in [3.05, 3.63) is 202 Å². The molecule has 5 aromatic heterocycles. The number of pyridine rings is 4. The summed E-state index contributed by atoms with van der Waals surface area (Å²) in [5, 5.41) is 1.89. The number of benzene rings is 4. The number of aryl methyl sites for hydroxylation is 4. The van der Waals surface area contributed by atoms with Crippen molar-refractivity contribution in [1.82, 2.24) is 19.9 Å². The van der Waals surface area contributed by atoms with Crippen molar-refractivity contribution in [1.29, 1.82) is 0 Å². The highest BCUT2D eigenvalue weighted by atomic mass is 16.3. The van der Waals surface area contributed by atoms with Crippen LogP contribution in [0.15, 0.2) is 150 Å². The SMILES string of the molecule is [2H]C([2H])([2H])c1c(CCc2ccc(-c3ccccc3)nc2)c(C)c(CCc2ccc(-c3ccccc3)nc2)c(C([2H])([2H])[2H])c1CCc1ccc(-c2cccc3c2oc2nc(C)ccc23)nc1. The Labute approximate surface area is 355 Å². The van der Waals surface area contributed by atoms with E-state index in [1.54, 1.807) is 6.20 Å². The van der Waals surface area contributed by atoms with Crippen LogP contribution in [0.2, 0.25) is 0 Å². The average Bonchev–Trinajstić information content (AvgIpc) is 3.68. The second kappa shape index (κ2) is 16.6. The summed E-state index contributed by atoms with van der Waals surface area (Å²) in [6.07, 6.45) is 7.93. The molecule has 9 aromatic rings. The van der Waals surface area contributed by atoms with E-state index in [-0.39, 0.29) is 17.5 Å². The minimum Gasteiger partial charge on any atom is -0.437 e. The molecule has 5 heteroatoms. The van der Waals surface area contributed by atoms with Crippen LogP contribution in [0.25, 0.3) is 55.8 Å². The first-order chi connectivity index (χ1) is 31.3. The summed E-state index contributed by atoms with van der Waals surface area (Å²) in [7, 11) is 0. The molecule has 290 valence electrons. The molecule has 0 N–H and O–H groups in total. The summed E-state index contributed by atoms with van der Waals surface area (Å²) in [6.45, 7) is -1.33. The fourth-order valence-corrected chi connectivity index (χ4v) is 8.14. The third-order valence-corrected chi connectivity index (χ3v) is 11.5. The number of furan rings is 1. The van der Waals surface area contributed by atoms with Gasteiger partial charge in [0.2, 0.25) is 5.71 Å². The fraction of sp³-hybridized carbons (Fsp3) is 0.185. The van der Waals surface area contributed by atoms with E-state index in [4.69, 9.17) is 27.6 Å². The van der Waals surface area contributed by atoms with E-state index in [0.29, 0.717) is 65.7 Å². The van der Waals surface area contributed by atoms with Crippen LogP contribution >= 0.6 is 0 Å². The van der Waals surface area contributed by atoms with Crippen LogP contribution in [0, 0.1) is 27.6 Å². The van der Waals surface area contributed by atoms with E-state index in [1.165, 1.54) is 0 Å². The van der Waals surface area contributed by atoms with Crippen LogP contribution in [0.3, 0.4) is 0 Å². The molecule has 0 aliphatic rings. The molecular formula is C54H48N4O. The number of aromatic nitrogens is 4. The molecule has 0 bridgehead atoms. The summed E-state index contributed by atoms with van der Waals surface area (Å²) in [5.74, 6) is 0. The van der Waals surface area contributed by atoms with Gasteiger partial charge in [0, 0.05) is 60.0 Å². The molecule has 0 fully saturated rings. The predicted octanol–water partition coefficient (Wildman–Crippen LogP) is 12.8. The second-order valence-electron chi connectivity index (χ2n) is 15.3. The van der Waals surface area contributed by atoms with Crippen LogP contribution in [-0.2, 0) is 38.5 Å². The van der Waals surface area contributed by atoms with E-state index >= 15 is 0 Å². The lowest BCUT2D eigenvalue weighted by molar-refractivity contribution is 0.653. The van der Waals surface area contributed by atoms with Crippen molar-refractivity contribution in [2.75, 3.05) is 0 Å². The molecule has 0 amide bonds. The molecule has 5 heterocycles. The van der Waals surface area contributed by atoms with Gasteiger partial charge >= 0.3 is 0 Å². The molecular weight excluding hydrogens is 721 g/mol. The van der Waals surface area contributed by atoms with E-state index < -0.39 is 13.7 Å². The number of fused-ring (bicyclic) bond motifs is 3. The Morgan fingerprint density at radius 1 is 0.458 bits per heavy atom. The zero-order chi connectivity index (χ0) is 45.3. The second-order valence-corrected chi connectivity index (χ2v) is 15.3. The first kappa shape index (κ1) is 31.3. The fourth-order valence-electron chi connectivity index (χ4n) is 8.14. The van der Waals surface area contributed by atoms with Crippen LogP contribution in [0.1, 0.15) is 64.0 Å². The van der Waals surface area contributed by atoms with Crippen LogP contribution in [-0.4, -0.2) is 19.9 Å². The number of hydrogen-bond acceptors (Lipinski definition) is 5. The van der Waals surface area contributed by atoms with Gasteiger partial charge in [0.05, 0.1) is 17.1 Å². The van der Waals surface area contributed by atoms with Crippen molar-refractivity contribution >= 4 is 22.1 Å². The molecule has 4 aromatic carbocycles. The maximum atomic E-state index is 8.98.